The molecule has 4 nitrogen and oxygen atoms in total. The number of aliphatic imine (C=N–C) groups is 1. The number of hydrogen-bond acceptors (Lipinski definition) is 5. The number of thioether (sulfide) groups is 1. The summed E-state index contributed by atoms with van der Waals surface area (Å²) in [6.07, 6.45) is 5.10. The van der Waals surface area contributed by atoms with Gasteiger partial charge in [0.15, 0.2) is 5.78 Å². The molecule has 1 aliphatic rings. The predicted octanol–water partition coefficient (Wildman–Crippen LogP) is 4.85. The molecule has 0 aliphatic carbocycles. The molecular weight excluding hydrogens is 342 g/mol. The highest BCUT2D eigenvalue weighted by atomic mass is 35.5. The second-order valence-corrected chi connectivity index (χ2v) is 6.41. The van der Waals surface area contributed by atoms with E-state index in [1.54, 1.807) is 18.8 Å². The fourth-order valence-corrected chi connectivity index (χ4v) is 3.18. The summed E-state index contributed by atoms with van der Waals surface area (Å²) < 4.78 is 0. The van der Waals surface area contributed by atoms with Gasteiger partial charge in [0.1, 0.15) is 22.3 Å². The quantitative estimate of drug-likeness (QED) is 0.431. The Kier molecular flexibility index (Phi) is 6.52. The van der Waals surface area contributed by atoms with Crippen molar-refractivity contribution in [2.24, 2.45) is 4.99 Å². The molecule has 0 radical (unpaired) electrons. The van der Waals surface area contributed by atoms with E-state index in [1.807, 2.05) is 44.4 Å². The van der Waals surface area contributed by atoms with Crippen LogP contribution in [0.15, 0.2) is 50.6 Å². The third-order valence-corrected chi connectivity index (χ3v) is 4.81. The lowest BCUT2D eigenvalue weighted by atomic mass is 9.98. The molecule has 0 spiro atoms. The number of rotatable bonds is 6. The topological polar surface area (TPSA) is 53.5 Å². The molecule has 1 aliphatic heterocycles. The zero-order valence-corrected chi connectivity index (χ0v) is 15.9. The first-order valence-electron chi connectivity index (χ1n) is 7.91. The van der Waals surface area contributed by atoms with Crippen molar-refractivity contribution in [3.8, 4) is 0 Å². The minimum atomic E-state index is 0.0561. The fourth-order valence-electron chi connectivity index (χ4n) is 2.48. The molecule has 2 rings (SSSR count). The molecule has 0 amide bonds. The number of carbonyl (C=O) groups is 1. The first kappa shape index (κ1) is 18.6. The summed E-state index contributed by atoms with van der Waals surface area (Å²) in [4.78, 5) is 18.3. The van der Waals surface area contributed by atoms with Gasteiger partial charge in [-0.05, 0) is 24.8 Å². The lowest BCUT2D eigenvalue weighted by Gasteiger charge is -2.24. The van der Waals surface area contributed by atoms with Gasteiger partial charge < -0.3 is 10.6 Å². The molecule has 1 heterocycles. The van der Waals surface area contributed by atoms with Crippen LogP contribution in [0.1, 0.15) is 26.7 Å². The van der Waals surface area contributed by atoms with Crippen LogP contribution in [0, 0.1) is 0 Å². The second kappa shape index (κ2) is 8.40. The van der Waals surface area contributed by atoms with E-state index < -0.39 is 0 Å². The molecule has 1 aromatic carbocycles. The summed E-state index contributed by atoms with van der Waals surface area (Å²) in [5, 5.41) is 6.70. The van der Waals surface area contributed by atoms with E-state index in [0.29, 0.717) is 28.6 Å². The van der Waals surface area contributed by atoms with Crippen molar-refractivity contribution in [2.45, 2.75) is 31.6 Å². The van der Waals surface area contributed by atoms with Gasteiger partial charge in [0, 0.05) is 23.9 Å². The molecule has 6 heteroatoms. The molecule has 0 aromatic heterocycles. The molecular formula is C18H22ClN3OS. The first-order valence-corrected chi connectivity index (χ1v) is 9.51. The Morgan fingerprint density at radius 3 is 2.75 bits per heavy atom. The van der Waals surface area contributed by atoms with Crippen molar-refractivity contribution in [1.29, 1.82) is 0 Å². The van der Waals surface area contributed by atoms with Gasteiger partial charge in [-0.3, -0.25) is 4.79 Å². The lowest BCUT2D eigenvalue weighted by Crippen LogP contribution is -2.25. The number of para-hydroxylation sites is 1. The molecule has 24 heavy (non-hydrogen) atoms. The number of nitrogens with one attached hydrogen (secondary N) is 2. The van der Waals surface area contributed by atoms with Gasteiger partial charge in [-0.2, -0.15) is 0 Å². The summed E-state index contributed by atoms with van der Waals surface area (Å²) in [6, 6.07) is 5.95. The Hall–Kier alpha value is -1.72. The van der Waals surface area contributed by atoms with Gasteiger partial charge in [-0.25, -0.2) is 4.99 Å². The molecule has 1 aromatic rings. The van der Waals surface area contributed by atoms with Crippen molar-refractivity contribution >= 4 is 46.2 Å². The Morgan fingerprint density at radius 1 is 1.42 bits per heavy atom. The molecule has 0 bridgehead atoms. The highest BCUT2D eigenvalue weighted by molar-refractivity contribution is 7.98. The van der Waals surface area contributed by atoms with E-state index in [4.69, 9.17) is 16.6 Å². The van der Waals surface area contributed by atoms with Gasteiger partial charge in [0.2, 0.25) is 0 Å². The number of hydrogen-bond donors (Lipinski definition) is 2. The van der Waals surface area contributed by atoms with E-state index in [-0.39, 0.29) is 5.78 Å². The van der Waals surface area contributed by atoms with Crippen LogP contribution in [0.2, 0.25) is 0 Å². The normalized spacial score (nSPS) is 16.0. The number of nitrogens with zero attached hydrogens (tertiary/aromatic N) is 1. The van der Waals surface area contributed by atoms with Gasteiger partial charge in [0.05, 0.1) is 5.69 Å². The van der Waals surface area contributed by atoms with Crippen LogP contribution in [0.4, 0.5) is 11.4 Å². The molecule has 0 unspecified atom stereocenters. The maximum Gasteiger partial charge on any atom is 0.164 e. The van der Waals surface area contributed by atoms with Crippen molar-refractivity contribution in [3.63, 3.8) is 0 Å². The Labute approximate surface area is 152 Å². The van der Waals surface area contributed by atoms with Gasteiger partial charge in [-0.1, -0.05) is 37.6 Å². The van der Waals surface area contributed by atoms with Gasteiger partial charge >= 0.3 is 0 Å². The molecule has 0 atom stereocenters. The number of halogens is 1. The second-order valence-electron chi connectivity index (χ2n) is 5.18. The standard InChI is InChI=1S/C18H22ClN3OS/c1-5-8-11(13(23)6-2)15-17(18(19)20-3)21-12-9-7-10-14(24-4)16(12)22-15/h7-10,20-21H,5-6H2,1-4H3/b11-8+,18-17+. The zero-order valence-electron chi connectivity index (χ0n) is 14.4. The Morgan fingerprint density at radius 2 is 2.17 bits per heavy atom. The Bertz CT molecular complexity index is 738. The zero-order chi connectivity index (χ0) is 17.7. The number of ketones is 1. The van der Waals surface area contributed by atoms with Crippen molar-refractivity contribution in [1.82, 2.24) is 5.32 Å². The van der Waals surface area contributed by atoms with Gasteiger partial charge in [0.25, 0.3) is 0 Å². The SMILES string of the molecule is CC/C=C(\C(=O)CC)C1=Nc2c(cccc2SC)N/C1=C(\Cl)NC. The van der Waals surface area contributed by atoms with Crippen LogP contribution in [0.3, 0.4) is 0 Å². The third-order valence-electron chi connectivity index (χ3n) is 3.66. The van der Waals surface area contributed by atoms with E-state index in [2.05, 4.69) is 10.6 Å². The summed E-state index contributed by atoms with van der Waals surface area (Å²) in [7, 11) is 1.74. The molecule has 128 valence electrons. The van der Waals surface area contributed by atoms with E-state index in [1.165, 1.54) is 0 Å². The first-order chi connectivity index (χ1) is 11.6. The summed E-state index contributed by atoms with van der Waals surface area (Å²) >= 11 is 7.98. The average molecular weight is 364 g/mol. The van der Waals surface area contributed by atoms with Gasteiger partial charge in [-0.15, -0.1) is 11.8 Å². The van der Waals surface area contributed by atoms with E-state index in [9.17, 15) is 4.79 Å². The van der Waals surface area contributed by atoms with Crippen LogP contribution in [0.5, 0.6) is 0 Å². The van der Waals surface area contributed by atoms with Crippen molar-refractivity contribution in [3.05, 3.63) is 40.7 Å². The number of anilines is 1. The molecule has 0 saturated heterocycles. The van der Waals surface area contributed by atoms with Crippen LogP contribution >= 0.6 is 23.4 Å². The predicted molar refractivity (Wildman–Crippen MR) is 105 cm³/mol. The van der Waals surface area contributed by atoms with Crippen LogP contribution in [-0.2, 0) is 4.79 Å². The minimum Gasteiger partial charge on any atom is -0.377 e. The Balaban J connectivity index is 2.72. The maximum atomic E-state index is 12.5. The number of allylic oxidation sites excluding steroid dienone is 2. The minimum absolute atomic E-state index is 0.0561. The number of fused-ring (bicyclic) bond motifs is 1. The van der Waals surface area contributed by atoms with E-state index in [0.717, 1.165) is 22.7 Å². The van der Waals surface area contributed by atoms with Crippen LogP contribution in [0.25, 0.3) is 0 Å². The van der Waals surface area contributed by atoms with E-state index >= 15 is 0 Å². The van der Waals surface area contributed by atoms with Crippen LogP contribution < -0.4 is 10.6 Å². The average Bonchev–Trinajstić information content (AvgIpc) is 2.63. The molecule has 0 fully saturated rings. The summed E-state index contributed by atoms with van der Waals surface area (Å²) in [5.74, 6) is 0.0561. The van der Waals surface area contributed by atoms with Crippen molar-refractivity contribution < 1.29 is 4.79 Å². The number of Topliss-reactive ketones (excluding diaryl/α,β-unsaturated/α-hetero) is 1. The van der Waals surface area contributed by atoms with Crippen molar-refractivity contribution in [2.75, 3.05) is 18.6 Å². The number of benzene rings is 1. The number of carbonyl (C=O) groups excluding carboxylic acids is 1. The molecule has 2 N–H and O–H groups in total. The molecule has 0 saturated carbocycles. The monoisotopic (exact) mass is 363 g/mol. The smallest absolute Gasteiger partial charge is 0.164 e. The lowest BCUT2D eigenvalue weighted by molar-refractivity contribution is -0.114. The summed E-state index contributed by atoms with van der Waals surface area (Å²) in [5.41, 5.74) is 3.56. The van der Waals surface area contributed by atoms with Crippen LogP contribution in [-0.4, -0.2) is 24.8 Å². The highest BCUT2D eigenvalue weighted by Crippen LogP contribution is 2.40. The summed E-state index contributed by atoms with van der Waals surface area (Å²) in [6.45, 7) is 3.86. The fraction of sp³-hybridized carbons (Fsp3) is 0.333. The highest BCUT2D eigenvalue weighted by Gasteiger charge is 2.26. The largest absolute Gasteiger partial charge is 0.377 e. The third kappa shape index (κ3) is 3.68. The maximum absolute atomic E-state index is 12.5.